The van der Waals surface area contributed by atoms with Gasteiger partial charge in [0.2, 0.25) is 5.82 Å². The number of halogens is 3. The molecule has 1 aliphatic carbocycles. The Labute approximate surface area is 150 Å². The van der Waals surface area contributed by atoms with Crippen molar-refractivity contribution in [2.45, 2.75) is 63.3 Å². The maximum absolute atomic E-state index is 12.4. The monoisotopic (exact) mass is 371 g/mol. The molecule has 0 spiro atoms. The van der Waals surface area contributed by atoms with Crippen LogP contribution in [0.15, 0.2) is 12.4 Å². The summed E-state index contributed by atoms with van der Waals surface area (Å²) in [5.74, 6) is -1.18. The first-order chi connectivity index (χ1) is 12.4. The fourth-order valence-electron chi connectivity index (χ4n) is 3.62. The number of alkyl halides is 3. The van der Waals surface area contributed by atoms with E-state index in [9.17, 15) is 18.0 Å². The zero-order chi connectivity index (χ0) is 18.6. The molecule has 9 heteroatoms. The zero-order valence-electron chi connectivity index (χ0n) is 14.6. The normalized spacial score (nSPS) is 21.9. The summed E-state index contributed by atoms with van der Waals surface area (Å²) in [6.45, 7) is 1.77. The molecule has 1 saturated heterocycles. The van der Waals surface area contributed by atoms with Gasteiger partial charge in [0.1, 0.15) is 0 Å². The van der Waals surface area contributed by atoms with Crippen molar-refractivity contribution in [2.24, 2.45) is 0 Å². The number of nitrogens with zero attached hydrogens (tertiary/aromatic N) is 3. The van der Waals surface area contributed by atoms with Crippen molar-refractivity contribution in [1.29, 1.82) is 0 Å². The molecule has 6 nitrogen and oxygen atoms in total. The molecule has 3 rings (SSSR count). The lowest BCUT2D eigenvalue weighted by Crippen LogP contribution is -2.58. The minimum absolute atomic E-state index is 0.0843. The molecule has 0 bridgehead atoms. The Morgan fingerprint density at radius 1 is 1.12 bits per heavy atom. The van der Waals surface area contributed by atoms with Gasteiger partial charge in [-0.3, -0.25) is 4.90 Å². The molecule has 2 fully saturated rings. The average molecular weight is 371 g/mol. The highest BCUT2D eigenvalue weighted by Gasteiger charge is 2.35. The molecular formula is C17H24F3N5O. The highest BCUT2D eigenvalue weighted by Crippen LogP contribution is 2.29. The van der Waals surface area contributed by atoms with Gasteiger partial charge in [0.15, 0.2) is 0 Å². The molecule has 0 aromatic carbocycles. The zero-order valence-corrected chi connectivity index (χ0v) is 14.6. The van der Waals surface area contributed by atoms with E-state index in [1.54, 1.807) is 0 Å². The van der Waals surface area contributed by atoms with Crippen LogP contribution in [0.4, 0.5) is 18.0 Å². The number of urea groups is 1. The third-order valence-electron chi connectivity index (χ3n) is 5.14. The van der Waals surface area contributed by atoms with E-state index in [4.69, 9.17) is 0 Å². The summed E-state index contributed by atoms with van der Waals surface area (Å²) in [6.07, 6.45) is 5.07. The maximum atomic E-state index is 12.4. The van der Waals surface area contributed by atoms with E-state index in [2.05, 4.69) is 25.5 Å². The van der Waals surface area contributed by atoms with Gasteiger partial charge in [0.05, 0.1) is 0 Å². The fourth-order valence-corrected chi connectivity index (χ4v) is 3.62. The third kappa shape index (κ3) is 4.84. The van der Waals surface area contributed by atoms with Crippen LogP contribution in [0.1, 0.15) is 49.9 Å². The van der Waals surface area contributed by atoms with Gasteiger partial charge < -0.3 is 10.6 Å². The Morgan fingerprint density at radius 3 is 2.38 bits per heavy atom. The Hall–Kier alpha value is -1.90. The maximum Gasteiger partial charge on any atom is 0.451 e. The van der Waals surface area contributed by atoms with E-state index < -0.39 is 12.0 Å². The number of aromatic nitrogens is 2. The van der Waals surface area contributed by atoms with E-state index >= 15 is 0 Å². The molecule has 2 N–H and O–H groups in total. The Morgan fingerprint density at radius 2 is 1.81 bits per heavy atom. The minimum Gasteiger partial charge on any atom is -0.337 e. The second kappa shape index (κ2) is 8.20. The molecule has 1 atom stereocenters. The molecule has 2 amide bonds. The summed E-state index contributed by atoms with van der Waals surface area (Å²) < 4.78 is 37.2. The van der Waals surface area contributed by atoms with Gasteiger partial charge >= 0.3 is 12.2 Å². The summed E-state index contributed by atoms with van der Waals surface area (Å²) in [4.78, 5) is 20.9. The van der Waals surface area contributed by atoms with Gasteiger partial charge in [-0.05, 0) is 19.3 Å². The van der Waals surface area contributed by atoms with E-state index in [-0.39, 0.29) is 12.6 Å². The number of amides is 2. The lowest BCUT2D eigenvalue weighted by Gasteiger charge is -2.47. The highest BCUT2D eigenvalue weighted by molar-refractivity contribution is 5.73. The van der Waals surface area contributed by atoms with Crippen molar-refractivity contribution in [3.05, 3.63) is 23.8 Å². The van der Waals surface area contributed by atoms with E-state index in [1.165, 1.54) is 32.1 Å². The first-order valence-corrected chi connectivity index (χ1v) is 9.09. The lowest BCUT2D eigenvalue weighted by atomic mass is 9.89. The predicted octanol–water partition coefficient (Wildman–Crippen LogP) is 2.70. The highest BCUT2D eigenvalue weighted by atomic mass is 19.4. The fraction of sp³-hybridized carbons (Fsp3) is 0.706. The first kappa shape index (κ1) is 18.9. The van der Waals surface area contributed by atoms with Gasteiger partial charge in [0, 0.05) is 49.7 Å². The Kier molecular flexibility index (Phi) is 5.95. The molecule has 1 unspecified atom stereocenters. The topological polar surface area (TPSA) is 70.1 Å². The molecule has 1 aliphatic heterocycles. The van der Waals surface area contributed by atoms with Crippen LogP contribution in [-0.2, 0) is 12.7 Å². The first-order valence-electron chi connectivity index (χ1n) is 9.09. The lowest BCUT2D eigenvalue weighted by molar-refractivity contribution is -0.145. The van der Waals surface area contributed by atoms with Crippen LogP contribution in [0.5, 0.6) is 0 Å². The van der Waals surface area contributed by atoms with Crippen LogP contribution in [0.25, 0.3) is 0 Å². The van der Waals surface area contributed by atoms with Crippen LogP contribution in [0, 0.1) is 0 Å². The number of likely N-dealkylation sites (tertiary alicyclic amines) is 1. The second-order valence-corrected chi connectivity index (χ2v) is 6.95. The Balaban J connectivity index is 1.38. The molecule has 144 valence electrons. The molecule has 2 aliphatic rings. The average Bonchev–Trinajstić information content (AvgIpc) is 2.60. The number of carbonyl (C=O) groups is 1. The predicted molar refractivity (Wildman–Crippen MR) is 89.3 cm³/mol. The number of hydrogen-bond donors (Lipinski definition) is 2. The van der Waals surface area contributed by atoms with Crippen molar-refractivity contribution in [3.8, 4) is 0 Å². The van der Waals surface area contributed by atoms with Crippen LogP contribution >= 0.6 is 0 Å². The second-order valence-electron chi connectivity index (χ2n) is 6.95. The molecule has 26 heavy (non-hydrogen) atoms. The minimum atomic E-state index is -4.56. The smallest absolute Gasteiger partial charge is 0.337 e. The summed E-state index contributed by atoms with van der Waals surface area (Å²) in [5, 5.41) is 5.47. The van der Waals surface area contributed by atoms with Gasteiger partial charge in [0.25, 0.3) is 0 Å². The number of carbonyl (C=O) groups excluding carboxylic acids is 1. The largest absolute Gasteiger partial charge is 0.451 e. The molecule has 1 aromatic rings. The molecule has 1 aromatic heterocycles. The Bertz CT molecular complexity index is 601. The van der Waals surface area contributed by atoms with E-state index in [1.807, 2.05) is 0 Å². The van der Waals surface area contributed by atoms with Crippen LogP contribution in [0.2, 0.25) is 0 Å². The SMILES string of the molecule is O=C(NCc1cnc(C(F)(F)F)nc1)NCC1CCN1C1CCCCC1. The molecule has 2 heterocycles. The van der Waals surface area contributed by atoms with Crippen LogP contribution in [-0.4, -0.2) is 46.1 Å². The van der Waals surface area contributed by atoms with Gasteiger partial charge in [-0.15, -0.1) is 0 Å². The van der Waals surface area contributed by atoms with Gasteiger partial charge in [-0.1, -0.05) is 19.3 Å². The van der Waals surface area contributed by atoms with Crippen LogP contribution < -0.4 is 10.6 Å². The van der Waals surface area contributed by atoms with Crippen molar-refractivity contribution in [3.63, 3.8) is 0 Å². The van der Waals surface area contributed by atoms with E-state index in [0.29, 0.717) is 24.2 Å². The van der Waals surface area contributed by atoms with Crippen molar-refractivity contribution in [1.82, 2.24) is 25.5 Å². The summed E-state index contributed by atoms with van der Waals surface area (Å²) >= 11 is 0. The van der Waals surface area contributed by atoms with Crippen LogP contribution in [0.3, 0.4) is 0 Å². The number of nitrogens with one attached hydrogen (secondary N) is 2. The van der Waals surface area contributed by atoms with Crippen molar-refractivity contribution in [2.75, 3.05) is 13.1 Å². The summed E-state index contributed by atoms with van der Waals surface area (Å²) in [7, 11) is 0. The molecular weight excluding hydrogens is 347 g/mol. The quantitative estimate of drug-likeness (QED) is 0.835. The van der Waals surface area contributed by atoms with E-state index in [0.717, 1.165) is 25.4 Å². The standard InChI is InChI=1S/C17H24F3N5O/c18-17(19,20)15-21-8-12(9-22-15)10-23-16(26)24-11-14-6-7-25(14)13-4-2-1-3-5-13/h8-9,13-14H,1-7,10-11H2,(H2,23,24,26). The van der Waals surface area contributed by atoms with Crippen molar-refractivity contribution >= 4 is 6.03 Å². The molecule has 1 saturated carbocycles. The molecule has 0 radical (unpaired) electrons. The number of hydrogen-bond acceptors (Lipinski definition) is 4. The summed E-state index contributed by atoms with van der Waals surface area (Å²) in [5.41, 5.74) is 0.417. The number of rotatable bonds is 5. The van der Waals surface area contributed by atoms with Gasteiger partial charge in [-0.2, -0.15) is 13.2 Å². The summed E-state index contributed by atoms with van der Waals surface area (Å²) in [6, 6.07) is 0.704. The van der Waals surface area contributed by atoms with Gasteiger partial charge in [-0.25, -0.2) is 14.8 Å². The third-order valence-corrected chi connectivity index (χ3v) is 5.14. The van der Waals surface area contributed by atoms with Crippen molar-refractivity contribution < 1.29 is 18.0 Å².